The van der Waals surface area contributed by atoms with Crippen LogP contribution in [0.4, 0.5) is 5.69 Å². The van der Waals surface area contributed by atoms with E-state index in [1.807, 2.05) is 50.2 Å². The van der Waals surface area contributed by atoms with Crippen LogP contribution < -0.4 is 14.8 Å². The third-order valence-corrected chi connectivity index (χ3v) is 4.09. The highest BCUT2D eigenvalue weighted by molar-refractivity contribution is 5.48. The van der Waals surface area contributed by atoms with Crippen molar-refractivity contribution in [1.82, 2.24) is 0 Å². The topological polar surface area (TPSA) is 39.7 Å². The smallest absolute Gasteiger partial charge is 0.121 e. The Hall–Kier alpha value is -2.20. The maximum absolute atomic E-state index is 5.80. The third kappa shape index (κ3) is 5.68. The van der Waals surface area contributed by atoms with Gasteiger partial charge in [0.25, 0.3) is 0 Å². The summed E-state index contributed by atoms with van der Waals surface area (Å²) in [5.41, 5.74) is 2.26. The Morgan fingerprint density at radius 2 is 1.96 bits per heavy atom. The first-order valence-electron chi connectivity index (χ1n) is 9.03. The molecule has 1 N–H and O–H groups in total. The molecule has 1 heterocycles. The van der Waals surface area contributed by atoms with E-state index >= 15 is 0 Å². The van der Waals surface area contributed by atoms with Crippen LogP contribution in [0.5, 0.6) is 11.5 Å². The molecule has 0 aromatic heterocycles. The lowest BCUT2D eigenvalue weighted by Crippen LogP contribution is -2.16. The van der Waals surface area contributed by atoms with Crippen molar-refractivity contribution >= 4 is 5.69 Å². The minimum Gasteiger partial charge on any atom is -0.491 e. The number of ether oxygens (including phenoxy) is 3. The molecule has 0 bridgehead atoms. The molecule has 2 aromatic carbocycles. The van der Waals surface area contributed by atoms with Gasteiger partial charge in [-0.3, -0.25) is 0 Å². The van der Waals surface area contributed by atoms with Crippen LogP contribution in [-0.2, 0) is 11.3 Å². The van der Waals surface area contributed by atoms with Gasteiger partial charge in [0, 0.05) is 24.9 Å². The lowest BCUT2D eigenvalue weighted by atomic mass is 10.2. The monoisotopic (exact) mass is 341 g/mol. The standard InChI is InChI=1S/C21H27NO3/c1-16(2)25-20-6-3-5-18(13-20)22-14-17-8-10-19(11-9-17)24-15-21-7-4-12-23-21/h3,5-6,8-11,13,16,21-22H,4,7,12,14-15H2,1-2H3. The molecule has 4 nitrogen and oxygen atoms in total. The molecule has 0 radical (unpaired) electrons. The largest absolute Gasteiger partial charge is 0.491 e. The fourth-order valence-corrected chi connectivity index (χ4v) is 2.82. The summed E-state index contributed by atoms with van der Waals surface area (Å²) in [7, 11) is 0. The molecular formula is C21H27NO3. The Morgan fingerprint density at radius 3 is 2.68 bits per heavy atom. The number of nitrogens with one attached hydrogen (secondary N) is 1. The maximum Gasteiger partial charge on any atom is 0.121 e. The number of anilines is 1. The summed E-state index contributed by atoms with van der Waals surface area (Å²) < 4.78 is 17.1. The Kier molecular flexibility index (Phi) is 6.18. The average molecular weight is 341 g/mol. The van der Waals surface area contributed by atoms with Crippen molar-refractivity contribution < 1.29 is 14.2 Å². The summed E-state index contributed by atoms with van der Waals surface area (Å²) in [5, 5.41) is 3.43. The third-order valence-electron chi connectivity index (χ3n) is 4.09. The van der Waals surface area contributed by atoms with Crippen LogP contribution in [0.3, 0.4) is 0 Å². The molecule has 1 aliphatic heterocycles. The van der Waals surface area contributed by atoms with Gasteiger partial charge in [-0.25, -0.2) is 0 Å². The summed E-state index contributed by atoms with van der Waals surface area (Å²) in [6.45, 7) is 6.32. The molecule has 134 valence electrons. The van der Waals surface area contributed by atoms with E-state index in [1.54, 1.807) is 0 Å². The molecule has 0 amide bonds. The Balaban J connectivity index is 1.48. The summed E-state index contributed by atoms with van der Waals surface area (Å²) in [6, 6.07) is 16.3. The second-order valence-corrected chi connectivity index (χ2v) is 6.64. The minimum atomic E-state index is 0.178. The second kappa shape index (κ2) is 8.77. The van der Waals surface area contributed by atoms with Crippen LogP contribution in [0.15, 0.2) is 48.5 Å². The Labute approximate surface area is 150 Å². The predicted octanol–water partition coefficient (Wildman–Crippen LogP) is 4.64. The maximum atomic E-state index is 5.80. The van der Waals surface area contributed by atoms with Crippen molar-refractivity contribution in [3.8, 4) is 11.5 Å². The van der Waals surface area contributed by atoms with Crippen molar-refractivity contribution in [2.45, 2.75) is 45.4 Å². The molecular weight excluding hydrogens is 314 g/mol. The molecule has 1 atom stereocenters. The van der Waals surface area contributed by atoms with Crippen LogP contribution in [0.2, 0.25) is 0 Å². The van der Waals surface area contributed by atoms with Gasteiger partial charge in [-0.1, -0.05) is 18.2 Å². The zero-order valence-corrected chi connectivity index (χ0v) is 15.0. The van der Waals surface area contributed by atoms with E-state index in [2.05, 4.69) is 17.4 Å². The number of hydrogen-bond donors (Lipinski definition) is 1. The molecule has 1 saturated heterocycles. The van der Waals surface area contributed by atoms with Crippen LogP contribution in [-0.4, -0.2) is 25.4 Å². The summed E-state index contributed by atoms with van der Waals surface area (Å²) in [4.78, 5) is 0. The van der Waals surface area contributed by atoms with Gasteiger partial charge in [-0.05, 0) is 56.5 Å². The first-order valence-corrected chi connectivity index (χ1v) is 9.03. The zero-order chi connectivity index (χ0) is 17.5. The number of hydrogen-bond acceptors (Lipinski definition) is 4. The van der Waals surface area contributed by atoms with E-state index in [9.17, 15) is 0 Å². The first-order chi connectivity index (χ1) is 12.2. The molecule has 1 aliphatic rings. The number of rotatable bonds is 8. The molecule has 2 aromatic rings. The van der Waals surface area contributed by atoms with Gasteiger partial charge in [0.2, 0.25) is 0 Å². The molecule has 3 rings (SSSR count). The molecule has 25 heavy (non-hydrogen) atoms. The summed E-state index contributed by atoms with van der Waals surface area (Å²) in [5.74, 6) is 1.78. The zero-order valence-electron chi connectivity index (χ0n) is 15.0. The molecule has 0 spiro atoms. The van der Waals surface area contributed by atoms with Crippen molar-refractivity contribution in [2.24, 2.45) is 0 Å². The van der Waals surface area contributed by atoms with Crippen LogP contribution in [0.25, 0.3) is 0 Å². The van der Waals surface area contributed by atoms with Crippen molar-refractivity contribution in [1.29, 1.82) is 0 Å². The molecule has 1 unspecified atom stereocenters. The highest BCUT2D eigenvalue weighted by atomic mass is 16.5. The first kappa shape index (κ1) is 17.6. The fourth-order valence-electron chi connectivity index (χ4n) is 2.82. The van der Waals surface area contributed by atoms with E-state index < -0.39 is 0 Å². The lowest BCUT2D eigenvalue weighted by Gasteiger charge is -2.13. The molecule has 0 aliphatic carbocycles. The van der Waals surface area contributed by atoms with E-state index in [0.717, 1.165) is 43.2 Å². The fraction of sp³-hybridized carbons (Fsp3) is 0.429. The molecule has 0 saturated carbocycles. The van der Waals surface area contributed by atoms with Gasteiger partial charge in [-0.2, -0.15) is 0 Å². The van der Waals surface area contributed by atoms with Gasteiger partial charge in [0.05, 0.1) is 12.2 Å². The van der Waals surface area contributed by atoms with E-state index in [0.29, 0.717) is 6.61 Å². The van der Waals surface area contributed by atoms with Gasteiger partial charge < -0.3 is 19.5 Å². The minimum absolute atomic E-state index is 0.178. The van der Waals surface area contributed by atoms with E-state index in [4.69, 9.17) is 14.2 Å². The van der Waals surface area contributed by atoms with Crippen molar-refractivity contribution in [2.75, 3.05) is 18.5 Å². The van der Waals surface area contributed by atoms with Crippen LogP contribution in [0.1, 0.15) is 32.3 Å². The second-order valence-electron chi connectivity index (χ2n) is 6.64. The lowest BCUT2D eigenvalue weighted by molar-refractivity contribution is 0.0679. The predicted molar refractivity (Wildman–Crippen MR) is 100 cm³/mol. The summed E-state index contributed by atoms with van der Waals surface area (Å²) in [6.07, 6.45) is 2.67. The molecule has 1 fully saturated rings. The van der Waals surface area contributed by atoms with Crippen LogP contribution in [0, 0.1) is 0 Å². The highest BCUT2D eigenvalue weighted by Crippen LogP contribution is 2.20. The average Bonchev–Trinajstić information content (AvgIpc) is 3.12. The number of benzene rings is 2. The van der Waals surface area contributed by atoms with Crippen molar-refractivity contribution in [3.05, 3.63) is 54.1 Å². The van der Waals surface area contributed by atoms with E-state index in [-0.39, 0.29) is 12.2 Å². The van der Waals surface area contributed by atoms with Gasteiger partial charge >= 0.3 is 0 Å². The highest BCUT2D eigenvalue weighted by Gasteiger charge is 2.15. The van der Waals surface area contributed by atoms with Gasteiger partial charge in [-0.15, -0.1) is 0 Å². The summed E-state index contributed by atoms with van der Waals surface area (Å²) >= 11 is 0. The van der Waals surface area contributed by atoms with Gasteiger partial charge in [0.1, 0.15) is 18.1 Å². The molecule has 4 heteroatoms. The Bertz CT molecular complexity index is 648. The van der Waals surface area contributed by atoms with Crippen molar-refractivity contribution in [3.63, 3.8) is 0 Å². The quantitative estimate of drug-likeness (QED) is 0.759. The normalized spacial score (nSPS) is 16.8. The van der Waals surface area contributed by atoms with E-state index in [1.165, 1.54) is 5.56 Å². The van der Waals surface area contributed by atoms with Crippen LogP contribution >= 0.6 is 0 Å². The van der Waals surface area contributed by atoms with Gasteiger partial charge in [0.15, 0.2) is 0 Å². The Morgan fingerprint density at radius 1 is 1.12 bits per heavy atom. The SMILES string of the molecule is CC(C)Oc1cccc(NCc2ccc(OCC3CCCO3)cc2)c1.